The molecule has 0 aromatic rings. The largest absolute Gasteiger partial charge is 0.412 e. The van der Waals surface area contributed by atoms with Crippen LogP contribution in [-0.4, -0.2) is 35.6 Å². The van der Waals surface area contributed by atoms with Crippen LogP contribution in [0.25, 0.3) is 0 Å². The van der Waals surface area contributed by atoms with Crippen LogP contribution in [0.4, 0.5) is 0 Å². The molecule has 2 N–H and O–H groups in total. The molecule has 1 aliphatic rings. The van der Waals surface area contributed by atoms with Crippen molar-refractivity contribution in [2.45, 2.75) is 26.7 Å². The maximum absolute atomic E-state index is 10.8. The third-order valence-corrected chi connectivity index (χ3v) is 1.71. The lowest BCUT2D eigenvalue weighted by Crippen LogP contribution is -2.19. The summed E-state index contributed by atoms with van der Waals surface area (Å²) in [6.07, 6.45) is 2.17. The Morgan fingerprint density at radius 2 is 1.48 bits per heavy atom. The molecule has 0 radical (unpaired) electrons. The van der Waals surface area contributed by atoms with Gasteiger partial charge in [-0.1, -0.05) is 0 Å². The van der Waals surface area contributed by atoms with E-state index < -0.39 is 17.9 Å². The second kappa shape index (κ2) is 9.13. The molecule has 0 aromatic carbocycles. The van der Waals surface area contributed by atoms with E-state index in [1.807, 2.05) is 5.32 Å². The van der Waals surface area contributed by atoms with Crippen molar-refractivity contribution in [1.29, 1.82) is 5.41 Å². The van der Waals surface area contributed by atoms with Gasteiger partial charge in [-0.2, -0.15) is 0 Å². The quantitative estimate of drug-likeness (QED) is 0.237. The van der Waals surface area contributed by atoms with Gasteiger partial charge in [-0.3, -0.25) is 34.7 Å². The molecule has 1 rings (SSSR count). The smallest absolute Gasteiger partial charge is 0.313 e. The molecule has 0 aromatic heterocycles. The van der Waals surface area contributed by atoms with Gasteiger partial charge in [-0.05, 0) is 0 Å². The maximum atomic E-state index is 10.8. The third-order valence-electron chi connectivity index (χ3n) is 1.71. The van der Waals surface area contributed by atoms with E-state index in [4.69, 9.17) is 5.41 Å². The summed E-state index contributed by atoms with van der Waals surface area (Å²) < 4.78 is 8.55. The molecular weight excluding hydrogens is 284 g/mol. The van der Waals surface area contributed by atoms with Crippen LogP contribution < -0.4 is 5.32 Å². The molecule has 0 spiro atoms. The zero-order chi connectivity index (χ0) is 16.4. The fourth-order valence-corrected chi connectivity index (χ4v) is 1.01. The van der Waals surface area contributed by atoms with Crippen molar-refractivity contribution in [3.8, 4) is 0 Å². The number of carbonyl (C=O) groups excluding carboxylic acids is 5. The van der Waals surface area contributed by atoms with Crippen molar-refractivity contribution in [2.24, 2.45) is 0 Å². The highest BCUT2D eigenvalue weighted by molar-refractivity contribution is 6.12. The average Bonchev–Trinajstić information content (AvgIpc) is 2.69. The maximum Gasteiger partial charge on any atom is 0.313 e. The molecule has 9 heteroatoms. The minimum Gasteiger partial charge on any atom is -0.412 e. The van der Waals surface area contributed by atoms with E-state index in [0.29, 0.717) is 0 Å². The average molecular weight is 298 g/mol. The Kier molecular flexibility index (Phi) is 7.89. The molecule has 1 heterocycles. The van der Waals surface area contributed by atoms with E-state index in [9.17, 15) is 24.0 Å². The van der Waals surface area contributed by atoms with E-state index in [2.05, 4.69) is 9.47 Å². The van der Waals surface area contributed by atoms with Gasteiger partial charge in [0.05, 0.1) is 6.42 Å². The van der Waals surface area contributed by atoms with Gasteiger partial charge in [0, 0.05) is 32.4 Å². The zero-order valence-corrected chi connectivity index (χ0v) is 11.4. The predicted molar refractivity (Wildman–Crippen MR) is 67.8 cm³/mol. The van der Waals surface area contributed by atoms with Gasteiger partial charge >= 0.3 is 17.9 Å². The predicted octanol–water partition coefficient (Wildman–Crippen LogP) is -0.404. The lowest BCUT2D eigenvalue weighted by atomic mass is 10.3. The second-order valence-electron chi connectivity index (χ2n) is 3.67. The van der Waals surface area contributed by atoms with Crippen molar-refractivity contribution in [3.63, 3.8) is 0 Å². The van der Waals surface area contributed by atoms with Gasteiger partial charge in [-0.25, -0.2) is 0 Å². The summed E-state index contributed by atoms with van der Waals surface area (Å²) in [5.41, 5.74) is 0. The van der Waals surface area contributed by atoms with Gasteiger partial charge < -0.3 is 9.47 Å². The highest BCUT2D eigenvalue weighted by atomic mass is 16.6. The van der Waals surface area contributed by atoms with Gasteiger partial charge in [-0.15, -0.1) is 0 Å². The van der Waals surface area contributed by atoms with E-state index in [1.54, 1.807) is 0 Å². The lowest BCUT2D eigenvalue weighted by molar-refractivity contribution is -0.158. The molecule has 2 amide bonds. The summed E-state index contributed by atoms with van der Waals surface area (Å²) in [7, 11) is 0. The first-order valence-electron chi connectivity index (χ1n) is 5.70. The van der Waals surface area contributed by atoms with Crippen LogP contribution in [0.15, 0.2) is 12.2 Å². The summed E-state index contributed by atoms with van der Waals surface area (Å²) in [6, 6.07) is 0. The fourth-order valence-electron chi connectivity index (χ4n) is 1.01. The molecule has 0 fully saturated rings. The summed E-state index contributed by atoms with van der Waals surface area (Å²) in [5, 5.41) is 9.09. The van der Waals surface area contributed by atoms with Crippen LogP contribution in [0.3, 0.4) is 0 Å². The van der Waals surface area contributed by atoms with E-state index in [1.165, 1.54) is 12.2 Å². The number of amides is 2. The van der Waals surface area contributed by atoms with Gasteiger partial charge in [0.25, 0.3) is 11.8 Å². The van der Waals surface area contributed by atoms with Crippen LogP contribution in [0.5, 0.6) is 0 Å². The molecule has 9 nitrogen and oxygen atoms in total. The number of hydrogen-bond donors (Lipinski definition) is 2. The molecule has 0 aliphatic carbocycles. The van der Waals surface area contributed by atoms with Gasteiger partial charge in [0.15, 0.2) is 5.90 Å². The van der Waals surface area contributed by atoms with Gasteiger partial charge in [0.2, 0.25) is 0 Å². The Morgan fingerprint density at radius 3 is 1.81 bits per heavy atom. The zero-order valence-electron chi connectivity index (χ0n) is 11.4. The summed E-state index contributed by atoms with van der Waals surface area (Å²) in [5.74, 6) is -3.04. The Morgan fingerprint density at radius 1 is 1.00 bits per heavy atom. The lowest BCUT2D eigenvalue weighted by Gasteiger charge is -2.02. The SMILES string of the molecule is CC(=O)OC(=N)CCC(=O)OC(C)=O.O=C1C=CC(=O)N1. The standard InChI is InChI=1S/C8H11NO5.C4H3NO2/c1-5(10)13-7(9)3-4-8(12)14-6(2)11;6-3-1-2-4(7)5-3/h9H,3-4H2,1-2H3;1-2H,(H,5,6,7). The van der Waals surface area contributed by atoms with Crippen molar-refractivity contribution in [1.82, 2.24) is 5.32 Å². The fraction of sp³-hybridized carbons (Fsp3) is 0.333. The molecule has 1 aliphatic heterocycles. The number of rotatable bonds is 3. The van der Waals surface area contributed by atoms with Crippen molar-refractivity contribution < 1.29 is 33.4 Å². The Labute approximate surface area is 119 Å². The first kappa shape index (κ1) is 18.2. The second-order valence-corrected chi connectivity index (χ2v) is 3.67. The number of hydrogen-bond acceptors (Lipinski definition) is 8. The third kappa shape index (κ3) is 10.7. The summed E-state index contributed by atoms with van der Waals surface area (Å²) in [6.45, 7) is 2.26. The molecule has 21 heavy (non-hydrogen) atoms. The van der Waals surface area contributed by atoms with Crippen LogP contribution in [0, 0.1) is 5.41 Å². The van der Waals surface area contributed by atoms with Crippen molar-refractivity contribution in [3.05, 3.63) is 12.2 Å². The van der Waals surface area contributed by atoms with Crippen LogP contribution >= 0.6 is 0 Å². The minimum absolute atomic E-state index is 0.0638. The van der Waals surface area contributed by atoms with E-state index in [-0.39, 0.29) is 30.6 Å². The number of nitrogens with one attached hydrogen (secondary N) is 2. The topological polar surface area (TPSA) is 140 Å². The number of carbonyl (C=O) groups is 5. The van der Waals surface area contributed by atoms with E-state index >= 15 is 0 Å². The first-order valence-corrected chi connectivity index (χ1v) is 5.70. The van der Waals surface area contributed by atoms with Crippen LogP contribution in [0.2, 0.25) is 0 Å². The Balaban J connectivity index is 0.000000471. The van der Waals surface area contributed by atoms with E-state index in [0.717, 1.165) is 13.8 Å². The highest BCUT2D eigenvalue weighted by Gasteiger charge is 2.09. The molecule has 0 saturated carbocycles. The van der Waals surface area contributed by atoms with Crippen molar-refractivity contribution in [2.75, 3.05) is 0 Å². The molecule has 0 atom stereocenters. The molecule has 0 unspecified atom stereocenters. The molecule has 0 bridgehead atoms. The Bertz CT molecular complexity index is 464. The number of ether oxygens (including phenoxy) is 2. The first-order chi connectivity index (χ1) is 9.70. The monoisotopic (exact) mass is 298 g/mol. The summed E-state index contributed by atoms with van der Waals surface area (Å²) in [4.78, 5) is 51.5. The number of esters is 3. The van der Waals surface area contributed by atoms with Crippen LogP contribution in [-0.2, 0) is 33.4 Å². The number of imide groups is 1. The van der Waals surface area contributed by atoms with Crippen LogP contribution in [0.1, 0.15) is 26.7 Å². The summed E-state index contributed by atoms with van der Waals surface area (Å²) >= 11 is 0. The molecule has 114 valence electrons. The minimum atomic E-state index is -0.741. The molecule has 0 saturated heterocycles. The van der Waals surface area contributed by atoms with Gasteiger partial charge in [0.1, 0.15) is 0 Å². The molecular formula is C12H14N2O7. The Hall–Kier alpha value is -2.84. The highest BCUT2D eigenvalue weighted by Crippen LogP contribution is 1.96. The van der Waals surface area contributed by atoms with Crippen molar-refractivity contribution >= 4 is 35.6 Å². The normalized spacial score (nSPS) is 11.9.